The molecule has 2 aromatic carbocycles. The fourth-order valence-corrected chi connectivity index (χ4v) is 4.64. The van der Waals surface area contributed by atoms with Crippen LogP contribution in [0.15, 0.2) is 60.8 Å². The van der Waals surface area contributed by atoms with Crippen LogP contribution in [0, 0.1) is 23.1 Å². The van der Waals surface area contributed by atoms with Gasteiger partial charge in [-0.15, -0.1) is 0 Å². The van der Waals surface area contributed by atoms with Crippen molar-refractivity contribution in [3.63, 3.8) is 0 Å². The van der Waals surface area contributed by atoms with Crippen molar-refractivity contribution in [1.29, 1.82) is 5.26 Å². The third-order valence-corrected chi connectivity index (χ3v) is 6.56. The Balaban J connectivity index is 1.15. The van der Waals surface area contributed by atoms with Crippen molar-refractivity contribution in [3.8, 4) is 11.8 Å². The Morgan fingerprint density at radius 2 is 1.91 bits per heavy atom. The number of benzene rings is 2. The average Bonchev–Trinajstić information content (AvgIpc) is 3.44. The molecule has 1 amide bonds. The fourth-order valence-electron chi connectivity index (χ4n) is 4.64. The highest BCUT2D eigenvalue weighted by molar-refractivity contribution is 5.90. The van der Waals surface area contributed by atoms with E-state index in [1.165, 1.54) is 10.7 Å². The van der Waals surface area contributed by atoms with E-state index >= 15 is 0 Å². The van der Waals surface area contributed by atoms with E-state index in [2.05, 4.69) is 16.5 Å². The number of hydrogen-bond acceptors (Lipinski definition) is 5. The third-order valence-electron chi connectivity index (χ3n) is 6.56. The lowest BCUT2D eigenvalue weighted by molar-refractivity contribution is 0.0148. The number of ether oxygens (including phenoxy) is 1. The molecule has 168 valence electrons. The number of aromatic nitrogens is 2. The first-order chi connectivity index (χ1) is 16.0. The van der Waals surface area contributed by atoms with Crippen LogP contribution in [0.1, 0.15) is 31.2 Å². The third kappa shape index (κ3) is 4.27. The topological polar surface area (TPSA) is 83.2 Å². The number of hydrogen-bond donors (Lipinski definition) is 1. The molecule has 1 aliphatic carbocycles. The van der Waals surface area contributed by atoms with Gasteiger partial charge >= 0.3 is 6.09 Å². The van der Waals surface area contributed by atoms with E-state index < -0.39 is 5.60 Å². The average molecular weight is 445 g/mol. The van der Waals surface area contributed by atoms with Gasteiger partial charge in [0.1, 0.15) is 22.9 Å². The largest absolute Gasteiger partial charge is 0.441 e. The minimum absolute atomic E-state index is 0.314. The monoisotopic (exact) mass is 445 g/mol. The molecule has 0 radical (unpaired) electrons. The molecule has 1 spiro atoms. The Labute approximate surface area is 191 Å². The van der Waals surface area contributed by atoms with Gasteiger partial charge in [-0.05, 0) is 68.0 Å². The summed E-state index contributed by atoms with van der Waals surface area (Å²) < 4.78 is 21.3. The number of carbonyl (C=O) groups is 1. The van der Waals surface area contributed by atoms with Crippen LogP contribution in [0.4, 0.5) is 20.7 Å². The minimum Gasteiger partial charge on any atom is -0.441 e. The second-order valence-electron chi connectivity index (χ2n) is 8.72. The lowest BCUT2D eigenvalue weighted by atomic mass is 9.78. The zero-order valence-corrected chi connectivity index (χ0v) is 18.1. The second kappa shape index (κ2) is 8.58. The van der Waals surface area contributed by atoms with Crippen molar-refractivity contribution in [3.05, 3.63) is 72.2 Å². The molecule has 2 heterocycles. The zero-order chi connectivity index (χ0) is 22.8. The number of nitrogens with one attached hydrogen (secondary N) is 1. The van der Waals surface area contributed by atoms with Crippen LogP contribution in [0.2, 0.25) is 0 Å². The van der Waals surface area contributed by atoms with E-state index in [1.54, 1.807) is 53.6 Å². The summed E-state index contributed by atoms with van der Waals surface area (Å²) in [5, 5.41) is 16.8. The molecular formula is C25H24FN5O2. The Bertz CT molecular complexity index is 1190. The van der Waals surface area contributed by atoms with Crippen LogP contribution in [-0.4, -0.2) is 34.6 Å². The van der Waals surface area contributed by atoms with Gasteiger partial charge in [0.05, 0.1) is 18.2 Å². The van der Waals surface area contributed by atoms with Crippen LogP contribution in [0.3, 0.4) is 0 Å². The Hall–Kier alpha value is -3.86. The summed E-state index contributed by atoms with van der Waals surface area (Å²) in [5.74, 6) is 0.834. The van der Waals surface area contributed by atoms with Gasteiger partial charge in [0.15, 0.2) is 0 Å². The Morgan fingerprint density at radius 3 is 2.64 bits per heavy atom. The van der Waals surface area contributed by atoms with Gasteiger partial charge in [0.25, 0.3) is 0 Å². The van der Waals surface area contributed by atoms with Gasteiger partial charge in [-0.25, -0.2) is 13.9 Å². The molecule has 2 aliphatic rings. The fraction of sp³-hybridized carbons (Fsp3) is 0.320. The summed E-state index contributed by atoms with van der Waals surface area (Å²) in [6, 6.07) is 17.5. The highest BCUT2D eigenvalue weighted by Crippen LogP contribution is 2.40. The number of carbonyl (C=O) groups excluding carboxylic acids is 1. The number of para-hydroxylation sites is 1. The quantitative estimate of drug-likeness (QED) is 0.605. The predicted octanol–water partition coefficient (Wildman–Crippen LogP) is 4.88. The molecule has 33 heavy (non-hydrogen) atoms. The van der Waals surface area contributed by atoms with E-state index in [0.717, 1.165) is 37.9 Å². The van der Waals surface area contributed by atoms with Crippen molar-refractivity contribution >= 4 is 17.6 Å². The van der Waals surface area contributed by atoms with Gasteiger partial charge in [0.2, 0.25) is 0 Å². The van der Waals surface area contributed by atoms with Crippen molar-refractivity contribution < 1.29 is 13.9 Å². The first-order valence-electron chi connectivity index (χ1n) is 11.1. The summed E-state index contributed by atoms with van der Waals surface area (Å²) in [7, 11) is 0. The normalized spacial score (nSPS) is 22.2. The molecule has 1 saturated carbocycles. The highest BCUT2D eigenvalue weighted by atomic mass is 19.1. The number of nitrogens with zero attached hydrogens (tertiary/aromatic N) is 4. The second-order valence-corrected chi connectivity index (χ2v) is 8.72. The Kier molecular flexibility index (Phi) is 5.47. The maximum atomic E-state index is 14.0. The molecule has 1 aliphatic heterocycles. The van der Waals surface area contributed by atoms with E-state index in [1.807, 2.05) is 6.07 Å². The first-order valence-corrected chi connectivity index (χ1v) is 11.1. The molecule has 3 aromatic rings. The van der Waals surface area contributed by atoms with E-state index in [4.69, 9.17) is 10.00 Å². The summed E-state index contributed by atoms with van der Waals surface area (Å²) in [6.07, 6.45) is 4.91. The van der Waals surface area contributed by atoms with Gasteiger partial charge in [-0.1, -0.05) is 12.1 Å². The number of halogens is 1. The maximum absolute atomic E-state index is 14.0. The molecule has 7 nitrogen and oxygen atoms in total. The number of amides is 1. The molecule has 0 bridgehead atoms. The van der Waals surface area contributed by atoms with Crippen molar-refractivity contribution in [2.45, 2.75) is 31.3 Å². The van der Waals surface area contributed by atoms with Crippen LogP contribution in [0.25, 0.3) is 5.69 Å². The summed E-state index contributed by atoms with van der Waals surface area (Å²) >= 11 is 0. The van der Waals surface area contributed by atoms with E-state index in [-0.39, 0.29) is 11.9 Å². The van der Waals surface area contributed by atoms with Crippen LogP contribution in [-0.2, 0) is 4.74 Å². The predicted molar refractivity (Wildman–Crippen MR) is 122 cm³/mol. The lowest BCUT2D eigenvalue weighted by Crippen LogP contribution is -2.39. The molecular weight excluding hydrogens is 421 g/mol. The minimum atomic E-state index is -0.450. The number of anilines is 2. The summed E-state index contributed by atoms with van der Waals surface area (Å²) in [5.41, 5.74) is 1.28. The summed E-state index contributed by atoms with van der Waals surface area (Å²) in [4.78, 5) is 14.2. The van der Waals surface area contributed by atoms with E-state index in [9.17, 15) is 9.18 Å². The molecule has 1 aromatic heterocycles. The van der Waals surface area contributed by atoms with Crippen molar-refractivity contribution in [2.75, 3.05) is 23.3 Å². The number of nitriles is 1. The van der Waals surface area contributed by atoms with Gasteiger partial charge < -0.3 is 10.1 Å². The molecule has 8 heteroatoms. The van der Waals surface area contributed by atoms with Crippen LogP contribution >= 0.6 is 0 Å². The van der Waals surface area contributed by atoms with Crippen molar-refractivity contribution in [1.82, 2.24) is 9.78 Å². The molecule has 0 atom stereocenters. The SMILES string of the molecule is N#Cc1ccc(N2CC3(CCC(CNc4ccn(-c5ccccc5F)n4)CC3)OC2=O)cc1. The lowest BCUT2D eigenvalue weighted by Gasteiger charge is -2.35. The van der Waals surface area contributed by atoms with Crippen molar-refractivity contribution in [2.24, 2.45) is 5.92 Å². The molecule has 5 rings (SSSR count). The molecule has 2 fully saturated rings. The van der Waals surface area contributed by atoms with Gasteiger partial charge in [0, 0.05) is 24.5 Å². The highest BCUT2D eigenvalue weighted by Gasteiger charge is 2.47. The van der Waals surface area contributed by atoms with Crippen LogP contribution < -0.4 is 10.2 Å². The Morgan fingerprint density at radius 1 is 1.15 bits per heavy atom. The summed E-state index contributed by atoms with van der Waals surface area (Å²) in [6.45, 7) is 1.29. The smallest absolute Gasteiger partial charge is 0.415 e. The zero-order valence-electron chi connectivity index (χ0n) is 18.1. The number of rotatable bonds is 5. The van der Waals surface area contributed by atoms with E-state index in [0.29, 0.717) is 29.5 Å². The standard InChI is InChI=1S/C25H24FN5O2/c26-21-3-1-2-4-22(21)31-14-11-23(29-31)28-16-19-9-12-25(13-10-19)17-30(24(32)33-25)20-7-5-18(15-27)6-8-20/h1-8,11,14,19H,9-10,12-13,16-17H2,(H,28,29). The van der Waals surface area contributed by atoms with Crippen LogP contribution in [0.5, 0.6) is 0 Å². The van der Waals surface area contributed by atoms with Gasteiger partial charge in [-0.2, -0.15) is 10.4 Å². The molecule has 1 saturated heterocycles. The van der Waals surface area contributed by atoms with Gasteiger partial charge in [-0.3, -0.25) is 4.90 Å². The molecule has 0 unspecified atom stereocenters. The first kappa shape index (κ1) is 21.0. The maximum Gasteiger partial charge on any atom is 0.415 e. The molecule has 1 N–H and O–H groups in total.